The predicted molar refractivity (Wildman–Crippen MR) is 69.4 cm³/mol. The number of hydrogen-bond acceptors (Lipinski definition) is 4. The summed E-state index contributed by atoms with van der Waals surface area (Å²) < 4.78 is 11.1. The first-order valence-electron chi connectivity index (χ1n) is 5.34. The molecule has 1 heterocycles. The van der Waals surface area contributed by atoms with Crippen molar-refractivity contribution in [2.45, 2.75) is 13.3 Å². The maximum Gasteiger partial charge on any atom is 0.141 e. The molecule has 17 heavy (non-hydrogen) atoms. The summed E-state index contributed by atoms with van der Waals surface area (Å²) in [6, 6.07) is 3.70. The molecule has 2 rings (SSSR count). The lowest BCUT2D eigenvalue weighted by Gasteiger charge is -2.09. The van der Waals surface area contributed by atoms with E-state index in [0.29, 0.717) is 10.4 Å². The van der Waals surface area contributed by atoms with Gasteiger partial charge < -0.3 is 14.5 Å². The van der Waals surface area contributed by atoms with Crippen molar-refractivity contribution in [2.75, 3.05) is 14.2 Å². The van der Waals surface area contributed by atoms with Crippen LogP contribution in [0.25, 0.3) is 10.9 Å². The third kappa shape index (κ3) is 2.10. The fourth-order valence-corrected chi connectivity index (χ4v) is 2.04. The van der Waals surface area contributed by atoms with Gasteiger partial charge in [0.15, 0.2) is 0 Å². The average Bonchev–Trinajstić information content (AvgIpc) is 2.36. The van der Waals surface area contributed by atoms with Gasteiger partial charge in [0.2, 0.25) is 0 Å². The van der Waals surface area contributed by atoms with E-state index in [1.54, 1.807) is 20.3 Å². The third-order valence-electron chi connectivity index (χ3n) is 2.60. The minimum atomic E-state index is 0.551. The number of rotatable bonds is 3. The highest BCUT2D eigenvalue weighted by Crippen LogP contribution is 2.30. The molecule has 1 aromatic heterocycles. The predicted octanol–water partition coefficient (Wildman–Crippen LogP) is 2.87. The summed E-state index contributed by atoms with van der Waals surface area (Å²) in [4.78, 5) is 7.55. The van der Waals surface area contributed by atoms with Crippen LogP contribution in [0.15, 0.2) is 12.1 Å². The van der Waals surface area contributed by atoms with Crippen molar-refractivity contribution in [3.05, 3.63) is 22.6 Å². The molecule has 2 aromatic rings. The van der Waals surface area contributed by atoms with Crippen LogP contribution in [0.5, 0.6) is 11.5 Å². The highest BCUT2D eigenvalue weighted by molar-refractivity contribution is 7.71. The minimum Gasteiger partial charge on any atom is -0.497 e. The largest absolute Gasteiger partial charge is 0.497 e. The summed E-state index contributed by atoms with van der Waals surface area (Å²) in [6.07, 6.45) is 0.805. The zero-order valence-electron chi connectivity index (χ0n) is 10.0. The monoisotopic (exact) mass is 250 g/mol. The van der Waals surface area contributed by atoms with E-state index in [2.05, 4.69) is 9.97 Å². The van der Waals surface area contributed by atoms with E-state index >= 15 is 0 Å². The van der Waals surface area contributed by atoms with E-state index in [4.69, 9.17) is 21.7 Å². The second-order valence-corrected chi connectivity index (χ2v) is 3.98. The molecule has 0 bridgehead atoms. The summed E-state index contributed by atoms with van der Waals surface area (Å²) in [5.74, 6) is 2.27. The zero-order valence-corrected chi connectivity index (χ0v) is 10.9. The van der Waals surface area contributed by atoms with Gasteiger partial charge in [-0.3, -0.25) is 0 Å². The molecular weight excluding hydrogens is 236 g/mol. The SMILES string of the molecule is CCc1nc(=S)c2c(OC)cc(OC)cc2[nH]1. The molecule has 5 heteroatoms. The molecule has 0 saturated heterocycles. The van der Waals surface area contributed by atoms with Gasteiger partial charge in [-0.1, -0.05) is 19.1 Å². The van der Waals surface area contributed by atoms with Crippen LogP contribution in [-0.4, -0.2) is 24.2 Å². The standard InChI is InChI=1S/C12H14N2O2S/c1-4-10-13-8-5-7(15-2)6-9(16-3)11(8)12(17)14-10/h5-6H,4H2,1-3H3,(H,13,14,17). The number of methoxy groups -OCH3 is 2. The summed E-state index contributed by atoms with van der Waals surface area (Å²) in [5, 5.41) is 0.820. The molecule has 0 radical (unpaired) electrons. The average molecular weight is 250 g/mol. The first kappa shape index (κ1) is 11.9. The Labute approximate surface area is 105 Å². The van der Waals surface area contributed by atoms with Crippen molar-refractivity contribution in [2.24, 2.45) is 0 Å². The van der Waals surface area contributed by atoms with E-state index in [9.17, 15) is 0 Å². The Morgan fingerprint density at radius 3 is 2.65 bits per heavy atom. The first-order chi connectivity index (χ1) is 8.19. The topological polar surface area (TPSA) is 47.1 Å². The molecule has 0 atom stereocenters. The fourth-order valence-electron chi connectivity index (χ4n) is 1.72. The van der Waals surface area contributed by atoms with Crippen LogP contribution in [0.2, 0.25) is 0 Å². The van der Waals surface area contributed by atoms with Crippen molar-refractivity contribution < 1.29 is 9.47 Å². The summed E-state index contributed by atoms with van der Waals surface area (Å²) in [7, 11) is 3.23. The van der Waals surface area contributed by atoms with E-state index in [1.807, 2.05) is 13.0 Å². The van der Waals surface area contributed by atoms with Crippen LogP contribution in [-0.2, 0) is 6.42 Å². The summed E-state index contributed by atoms with van der Waals surface area (Å²) in [6.45, 7) is 2.02. The van der Waals surface area contributed by atoms with Crippen LogP contribution in [0.4, 0.5) is 0 Å². The van der Waals surface area contributed by atoms with Crippen molar-refractivity contribution in [1.29, 1.82) is 0 Å². The summed E-state index contributed by atoms with van der Waals surface area (Å²) in [5.41, 5.74) is 0.887. The van der Waals surface area contributed by atoms with Crippen LogP contribution < -0.4 is 9.47 Å². The molecule has 4 nitrogen and oxygen atoms in total. The van der Waals surface area contributed by atoms with Gasteiger partial charge >= 0.3 is 0 Å². The van der Waals surface area contributed by atoms with E-state index in [1.165, 1.54) is 0 Å². The molecule has 0 aliphatic carbocycles. The van der Waals surface area contributed by atoms with Gasteiger partial charge in [-0.2, -0.15) is 0 Å². The lowest BCUT2D eigenvalue weighted by Crippen LogP contribution is -1.97. The van der Waals surface area contributed by atoms with Crippen LogP contribution >= 0.6 is 12.2 Å². The number of hydrogen-bond donors (Lipinski definition) is 1. The Kier molecular flexibility index (Phi) is 3.28. The molecule has 0 saturated carbocycles. The second kappa shape index (κ2) is 4.71. The van der Waals surface area contributed by atoms with Crippen molar-refractivity contribution in [3.8, 4) is 11.5 Å². The first-order valence-corrected chi connectivity index (χ1v) is 5.75. The van der Waals surface area contributed by atoms with Crippen molar-refractivity contribution in [3.63, 3.8) is 0 Å². The fraction of sp³-hybridized carbons (Fsp3) is 0.333. The molecule has 0 aliphatic heterocycles. The third-order valence-corrected chi connectivity index (χ3v) is 2.89. The number of aryl methyl sites for hydroxylation is 1. The van der Waals surface area contributed by atoms with E-state index < -0.39 is 0 Å². The van der Waals surface area contributed by atoms with Gasteiger partial charge in [-0.15, -0.1) is 0 Å². The highest BCUT2D eigenvalue weighted by Gasteiger charge is 2.09. The molecule has 0 fully saturated rings. The normalized spacial score (nSPS) is 10.5. The number of H-pyrrole nitrogens is 1. The number of aromatic amines is 1. The van der Waals surface area contributed by atoms with Crippen LogP contribution in [0, 0.1) is 4.64 Å². The number of ether oxygens (including phenoxy) is 2. The Balaban J connectivity index is 2.84. The lowest BCUT2D eigenvalue weighted by atomic mass is 10.2. The molecule has 0 amide bonds. The Morgan fingerprint density at radius 1 is 1.29 bits per heavy atom. The lowest BCUT2D eigenvalue weighted by molar-refractivity contribution is 0.397. The maximum absolute atomic E-state index is 5.32. The Hall–Kier alpha value is -1.62. The van der Waals surface area contributed by atoms with Gasteiger partial charge in [0, 0.05) is 18.6 Å². The van der Waals surface area contributed by atoms with E-state index in [-0.39, 0.29) is 0 Å². The maximum atomic E-state index is 5.32. The second-order valence-electron chi connectivity index (χ2n) is 3.59. The molecule has 90 valence electrons. The number of nitrogens with zero attached hydrogens (tertiary/aromatic N) is 1. The molecular formula is C12H14N2O2S. The smallest absolute Gasteiger partial charge is 0.141 e. The Bertz CT molecular complexity index is 602. The van der Waals surface area contributed by atoms with Gasteiger partial charge in [-0.05, 0) is 0 Å². The molecule has 0 unspecified atom stereocenters. The number of fused-ring (bicyclic) bond motifs is 1. The van der Waals surface area contributed by atoms with Crippen LogP contribution in [0.1, 0.15) is 12.7 Å². The molecule has 1 aromatic carbocycles. The zero-order chi connectivity index (χ0) is 12.4. The minimum absolute atomic E-state index is 0.551. The Morgan fingerprint density at radius 2 is 2.06 bits per heavy atom. The molecule has 0 aliphatic rings. The molecule has 1 N–H and O–H groups in total. The number of benzene rings is 1. The van der Waals surface area contributed by atoms with Gasteiger partial charge in [-0.25, -0.2) is 4.98 Å². The quantitative estimate of drug-likeness (QED) is 0.851. The van der Waals surface area contributed by atoms with Gasteiger partial charge in [0.1, 0.15) is 22.0 Å². The molecule has 0 spiro atoms. The highest BCUT2D eigenvalue weighted by atomic mass is 32.1. The van der Waals surface area contributed by atoms with Crippen molar-refractivity contribution in [1.82, 2.24) is 9.97 Å². The number of nitrogens with one attached hydrogen (secondary N) is 1. The summed E-state index contributed by atoms with van der Waals surface area (Å²) >= 11 is 5.29. The number of aromatic nitrogens is 2. The van der Waals surface area contributed by atoms with Crippen molar-refractivity contribution >= 4 is 23.1 Å². The van der Waals surface area contributed by atoms with E-state index in [0.717, 1.165) is 28.9 Å². The van der Waals surface area contributed by atoms with Gasteiger partial charge in [0.05, 0.1) is 25.1 Å². The van der Waals surface area contributed by atoms with Gasteiger partial charge in [0.25, 0.3) is 0 Å². The van der Waals surface area contributed by atoms with Crippen LogP contribution in [0.3, 0.4) is 0 Å².